The van der Waals surface area contributed by atoms with Crippen molar-refractivity contribution < 1.29 is 14.6 Å². The average Bonchev–Trinajstić information content (AvgIpc) is 2.16. The Morgan fingerprint density at radius 2 is 2.33 bits per heavy atom. The second kappa shape index (κ2) is 5.00. The van der Waals surface area contributed by atoms with E-state index in [9.17, 15) is 4.79 Å². The normalized spacial score (nSPS) is 12.2. The number of carbonyl (C=O) groups is 1. The van der Waals surface area contributed by atoms with Crippen molar-refractivity contribution in [1.82, 2.24) is 0 Å². The molecule has 15 heavy (non-hydrogen) atoms. The molecule has 82 valence electrons. The third-order valence-electron chi connectivity index (χ3n) is 2.00. The minimum Gasteiger partial charge on any atom is -0.495 e. The van der Waals surface area contributed by atoms with Crippen LogP contribution in [0.25, 0.3) is 0 Å². The summed E-state index contributed by atoms with van der Waals surface area (Å²) in [6.45, 7) is 0. The maximum atomic E-state index is 10.5. The predicted octanol–water partition coefficient (Wildman–Crippen LogP) is 1.82. The number of aliphatic carboxylic acids is 1. The van der Waals surface area contributed by atoms with Gasteiger partial charge >= 0.3 is 5.97 Å². The minimum atomic E-state index is -0.954. The van der Waals surface area contributed by atoms with Gasteiger partial charge in [0.15, 0.2) is 0 Å². The van der Waals surface area contributed by atoms with Crippen LogP contribution in [0.3, 0.4) is 0 Å². The Morgan fingerprint density at radius 3 is 2.87 bits per heavy atom. The Kier molecular flexibility index (Phi) is 3.94. The van der Waals surface area contributed by atoms with Crippen LogP contribution < -0.4 is 10.5 Å². The SMILES string of the molecule is COc1c(Cl)cccc1[C@H](N)CC(=O)O. The average molecular weight is 230 g/mol. The van der Waals surface area contributed by atoms with Crippen LogP contribution in [0.5, 0.6) is 5.75 Å². The van der Waals surface area contributed by atoms with Gasteiger partial charge in [-0.25, -0.2) is 0 Å². The molecule has 1 atom stereocenters. The molecule has 5 heteroatoms. The summed E-state index contributed by atoms with van der Waals surface area (Å²) in [5.41, 5.74) is 6.33. The minimum absolute atomic E-state index is 0.156. The molecule has 0 amide bonds. The second-order valence-electron chi connectivity index (χ2n) is 3.07. The molecule has 0 aliphatic carbocycles. The molecule has 0 radical (unpaired) electrons. The summed E-state index contributed by atoms with van der Waals surface area (Å²) in [6.07, 6.45) is -0.156. The van der Waals surface area contributed by atoms with Crippen molar-refractivity contribution in [2.24, 2.45) is 5.73 Å². The maximum Gasteiger partial charge on any atom is 0.305 e. The van der Waals surface area contributed by atoms with Gasteiger partial charge in [0.25, 0.3) is 0 Å². The van der Waals surface area contributed by atoms with E-state index in [4.69, 9.17) is 27.2 Å². The molecule has 0 fully saturated rings. The van der Waals surface area contributed by atoms with Gasteiger partial charge in [-0.3, -0.25) is 4.79 Å². The van der Waals surface area contributed by atoms with Gasteiger partial charge in [0.1, 0.15) is 5.75 Å². The summed E-state index contributed by atoms with van der Waals surface area (Å²) < 4.78 is 5.07. The van der Waals surface area contributed by atoms with Gasteiger partial charge in [0.2, 0.25) is 0 Å². The van der Waals surface area contributed by atoms with E-state index < -0.39 is 12.0 Å². The van der Waals surface area contributed by atoms with Crippen LogP contribution in [0.1, 0.15) is 18.0 Å². The maximum absolute atomic E-state index is 10.5. The van der Waals surface area contributed by atoms with Crippen LogP contribution in [0, 0.1) is 0 Å². The number of rotatable bonds is 4. The van der Waals surface area contributed by atoms with E-state index in [-0.39, 0.29) is 6.42 Å². The summed E-state index contributed by atoms with van der Waals surface area (Å²) in [7, 11) is 1.47. The molecule has 0 spiro atoms. The summed E-state index contributed by atoms with van der Waals surface area (Å²) >= 11 is 5.88. The summed E-state index contributed by atoms with van der Waals surface area (Å²) in [5.74, 6) is -0.516. The number of hydrogen-bond donors (Lipinski definition) is 2. The summed E-state index contributed by atoms with van der Waals surface area (Å²) in [6, 6.07) is 4.47. The van der Waals surface area contributed by atoms with Crippen molar-refractivity contribution >= 4 is 17.6 Å². The molecule has 4 nitrogen and oxygen atoms in total. The lowest BCUT2D eigenvalue weighted by Gasteiger charge is -2.14. The van der Waals surface area contributed by atoms with Crippen LogP contribution in [-0.2, 0) is 4.79 Å². The highest BCUT2D eigenvalue weighted by atomic mass is 35.5. The van der Waals surface area contributed by atoms with Crippen LogP contribution in [-0.4, -0.2) is 18.2 Å². The van der Waals surface area contributed by atoms with E-state index >= 15 is 0 Å². The van der Waals surface area contributed by atoms with Gasteiger partial charge in [0, 0.05) is 11.6 Å². The predicted molar refractivity (Wildman–Crippen MR) is 57.2 cm³/mol. The molecule has 0 aliphatic heterocycles. The first kappa shape index (κ1) is 11.8. The van der Waals surface area contributed by atoms with Crippen molar-refractivity contribution in [3.8, 4) is 5.75 Å². The Hall–Kier alpha value is -1.26. The van der Waals surface area contributed by atoms with E-state index in [2.05, 4.69) is 0 Å². The number of benzene rings is 1. The molecular weight excluding hydrogens is 218 g/mol. The largest absolute Gasteiger partial charge is 0.495 e. The Bertz CT molecular complexity index is 368. The smallest absolute Gasteiger partial charge is 0.305 e. The van der Waals surface area contributed by atoms with Crippen molar-refractivity contribution in [2.75, 3.05) is 7.11 Å². The molecule has 1 rings (SSSR count). The lowest BCUT2D eigenvalue weighted by Crippen LogP contribution is -2.15. The molecule has 3 N–H and O–H groups in total. The molecule has 0 aromatic heterocycles. The van der Waals surface area contributed by atoms with Gasteiger partial charge in [-0.15, -0.1) is 0 Å². The molecule has 0 saturated heterocycles. The fourth-order valence-corrected chi connectivity index (χ4v) is 1.59. The number of para-hydroxylation sites is 1. The van der Waals surface area contributed by atoms with Crippen LogP contribution >= 0.6 is 11.6 Å². The van der Waals surface area contributed by atoms with E-state index in [0.717, 1.165) is 0 Å². The monoisotopic (exact) mass is 229 g/mol. The van der Waals surface area contributed by atoms with Crippen molar-refractivity contribution in [3.05, 3.63) is 28.8 Å². The molecule has 0 unspecified atom stereocenters. The Labute approximate surface area is 92.6 Å². The number of nitrogens with two attached hydrogens (primary N) is 1. The quantitative estimate of drug-likeness (QED) is 0.826. The fourth-order valence-electron chi connectivity index (χ4n) is 1.33. The number of carboxylic acids is 1. The third kappa shape index (κ3) is 2.84. The Balaban J connectivity index is 3.02. The number of halogens is 1. The Morgan fingerprint density at radius 1 is 1.67 bits per heavy atom. The van der Waals surface area contributed by atoms with Crippen LogP contribution in [0.2, 0.25) is 5.02 Å². The van der Waals surface area contributed by atoms with Gasteiger partial charge in [0.05, 0.1) is 18.6 Å². The molecular formula is C10H12ClNO3. The van der Waals surface area contributed by atoms with E-state index in [1.807, 2.05) is 0 Å². The first-order chi connectivity index (χ1) is 7.06. The van der Waals surface area contributed by atoms with Gasteiger partial charge < -0.3 is 15.6 Å². The first-order valence-corrected chi connectivity index (χ1v) is 4.73. The summed E-state index contributed by atoms with van der Waals surface area (Å²) in [5, 5.41) is 9.05. The number of methoxy groups -OCH3 is 1. The molecule has 0 heterocycles. The molecule has 0 aliphatic rings. The van der Waals surface area contributed by atoms with E-state index in [1.54, 1.807) is 18.2 Å². The zero-order valence-corrected chi connectivity index (χ0v) is 8.99. The van der Waals surface area contributed by atoms with E-state index in [1.165, 1.54) is 7.11 Å². The molecule has 1 aromatic rings. The lowest BCUT2D eigenvalue weighted by atomic mass is 10.0. The standard InChI is InChI=1S/C10H12ClNO3/c1-15-10-6(3-2-4-7(10)11)8(12)5-9(13)14/h2-4,8H,5,12H2,1H3,(H,13,14)/t8-/m1/s1. The van der Waals surface area contributed by atoms with Gasteiger partial charge in [-0.05, 0) is 6.07 Å². The third-order valence-corrected chi connectivity index (χ3v) is 2.29. The topological polar surface area (TPSA) is 72.5 Å². The van der Waals surface area contributed by atoms with Crippen LogP contribution in [0.15, 0.2) is 18.2 Å². The van der Waals surface area contributed by atoms with Crippen LogP contribution in [0.4, 0.5) is 0 Å². The highest BCUT2D eigenvalue weighted by Gasteiger charge is 2.16. The highest BCUT2D eigenvalue weighted by molar-refractivity contribution is 6.32. The van der Waals surface area contributed by atoms with Gasteiger partial charge in [-0.2, -0.15) is 0 Å². The summed E-state index contributed by atoms with van der Waals surface area (Å²) in [4.78, 5) is 10.5. The van der Waals surface area contributed by atoms with E-state index in [0.29, 0.717) is 16.3 Å². The fraction of sp³-hybridized carbons (Fsp3) is 0.300. The molecule has 1 aromatic carbocycles. The van der Waals surface area contributed by atoms with Gasteiger partial charge in [-0.1, -0.05) is 23.7 Å². The lowest BCUT2D eigenvalue weighted by molar-refractivity contribution is -0.137. The second-order valence-corrected chi connectivity index (χ2v) is 3.47. The number of carboxylic acid groups (broad SMARTS) is 1. The number of hydrogen-bond acceptors (Lipinski definition) is 3. The van der Waals surface area contributed by atoms with Crippen molar-refractivity contribution in [3.63, 3.8) is 0 Å². The van der Waals surface area contributed by atoms with Crippen molar-refractivity contribution in [2.45, 2.75) is 12.5 Å². The molecule has 0 saturated carbocycles. The molecule has 0 bridgehead atoms. The first-order valence-electron chi connectivity index (χ1n) is 4.36. The van der Waals surface area contributed by atoms with Crippen molar-refractivity contribution in [1.29, 1.82) is 0 Å². The zero-order valence-electron chi connectivity index (χ0n) is 8.24. The highest BCUT2D eigenvalue weighted by Crippen LogP contribution is 2.32. The number of ether oxygens (including phenoxy) is 1. The zero-order chi connectivity index (χ0) is 11.4.